The molecule has 4 atom stereocenters. The van der Waals surface area contributed by atoms with Crippen LogP contribution in [0.25, 0.3) is 5.76 Å². The molecule has 1 saturated carbocycles. The van der Waals surface area contributed by atoms with Gasteiger partial charge in [0.2, 0.25) is 11.6 Å². The van der Waals surface area contributed by atoms with Crippen molar-refractivity contribution in [1.82, 2.24) is 10.1 Å². The summed E-state index contributed by atoms with van der Waals surface area (Å²) in [4.78, 5) is 32.5. The molecule has 0 aliphatic heterocycles. The van der Waals surface area contributed by atoms with Crippen LogP contribution in [0, 0.1) is 24.6 Å². The van der Waals surface area contributed by atoms with E-state index in [0.717, 1.165) is 5.56 Å². The third-order valence-electron chi connectivity index (χ3n) is 10.9. The number of hydrogen-bond donors (Lipinski definition) is 2. The molecule has 0 bridgehead atoms. The number of ether oxygens (including phenoxy) is 1. The predicted molar refractivity (Wildman–Crippen MR) is 184 cm³/mol. The number of aliphatic hydroxyl groups is 2. The van der Waals surface area contributed by atoms with E-state index in [1.165, 1.54) is 0 Å². The van der Waals surface area contributed by atoms with Gasteiger partial charge in [-0.2, -0.15) is 0 Å². The van der Waals surface area contributed by atoms with E-state index in [0.29, 0.717) is 16.9 Å². The minimum Gasteiger partial charge on any atom is -0.507 e. The molecule has 0 amide bonds. The van der Waals surface area contributed by atoms with Gasteiger partial charge < -0.3 is 23.9 Å². The first kappa shape index (κ1) is 34.7. The number of Topliss-reactive ketones (excluding diaryl/α,β-unsaturated/α-hetero) is 2. The van der Waals surface area contributed by atoms with E-state index in [1.807, 2.05) is 83.2 Å². The molecule has 256 valence electrons. The van der Waals surface area contributed by atoms with Crippen LogP contribution in [-0.4, -0.2) is 59.8 Å². The quantitative estimate of drug-likeness (QED) is 0.191. The second-order valence-electron chi connectivity index (χ2n) is 14.9. The number of aromatic nitrogens is 1. The van der Waals surface area contributed by atoms with Crippen LogP contribution in [-0.2, 0) is 28.9 Å². The lowest BCUT2D eigenvalue weighted by atomic mass is 9.57. The second-order valence-corrected chi connectivity index (χ2v) is 20.4. The number of nitrogens with zero attached hydrogens (tertiary/aromatic N) is 2. The average molecular weight is 742 g/mol. The molecule has 3 aliphatic rings. The fourth-order valence-electron chi connectivity index (χ4n) is 7.46. The molecule has 6 rings (SSSR count). The molecule has 0 spiro atoms. The van der Waals surface area contributed by atoms with Crippen molar-refractivity contribution in [1.29, 1.82) is 0 Å². The summed E-state index contributed by atoms with van der Waals surface area (Å²) in [7, 11) is 0.816. The summed E-state index contributed by atoms with van der Waals surface area (Å²) in [6.07, 6.45) is 0.503. The zero-order valence-electron chi connectivity index (χ0n) is 28.5. The molecule has 1 heterocycles. The first-order valence-corrected chi connectivity index (χ1v) is 19.8. The highest BCUT2D eigenvalue weighted by atomic mass is 79.9. The maximum absolute atomic E-state index is 15.4. The van der Waals surface area contributed by atoms with Gasteiger partial charge in [0.15, 0.2) is 19.7 Å². The van der Waals surface area contributed by atoms with Crippen molar-refractivity contribution < 1.29 is 37.9 Å². The van der Waals surface area contributed by atoms with Crippen molar-refractivity contribution in [3.05, 3.63) is 85.3 Å². The Bertz CT molecular complexity index is 1850. The Morgan fingerprint density at radius 2 is 1.81 bits per heavy atom. The van der Waals surface area contributed by atoms with Gasteiger partial charge >= 0.3 is 0 Å². The van der Waals surface area contributed by atoms with Crippen LogP contribution in [0.5, 0.6) is 5.88 Å². The third kappa shape index (κ3) is 5.05. The van der Waals surface area contributed by atoms with E-state index in [9.17, 15) is 10.2 Å². The fourth-order valence-corrected chi connectivity index (χ4v) is 9.51. The van der Waals surface area contributed by atoms with Gasteiger partial charge in [-0.3, -0.25) is 14.5 Å². The number of ketones is 2. The van der Waals surface area contributed by atoms with E-state index in [1.54, 1.807) is 6.92 Å². The summed E-state index contributed by atoms with van der Waals surface area (Å²) in [6, 6.07) is 8.83. The Hall–Kier alpha value is -3.16. The summed E-state index contributed by atoms with van der Waals surface area (Å²) < 4.78 is 34.7. The van der Waals surface area contributed by atoms with Crippen LogP contribution in [0.15, 0.2) is 44.9 Å². The fraction of sp³-hybridized carbons (Fsp3) is 0.472. The Labute approximate surface area is 289 Å². The van der Waals surface area contributed by atoms with E-state index in [2.05, 4.69) is 21.1 Å². The number of carbonyl (C=O) groups excluding carboxylic acids is 2. The molecule has 12 heteroatoms. The molecular weight excluding hydrogens is 699 g/mol. The topological polar surface area (TPSA) is 122 Å². The summed E-state index contributed by atoms with van der Waals surface area (Å²) in [5, 5.41) is 25.8. The maximum Gasteiger partial charge on any atom is 0.265 e. The largest absolute Gasteiger partial charge is 0.507 e. The number of carbonyl (C=O) groups is 2. The van der Waals surface area contributed by atoms with Crippen LogP contribution in [0.2, 0.25) is 18.1 Å². The summed E-state index contributed by atoms with van der Waals surface area (Å²) in [6.45, 7) is 11.2. The van der Waals surface area contributed by atoms with Gasteiger partial charge in [-0.25, -0.2) is 4.39 Å². The molecule has 1 fully saturated rings. The lowest BCUT2D eigenvalue weighted by Gasteiger charge is -2.55. The van der Waals surface area contributed by atoms with Gasteiger partial charge in [0, 0.05) is 22.6 Å². The van der Waals surface area contributed by atoms with Crippen molar-refractivity contribution >= 4 is 41.6 Å². The third-order valence-corrected chi connectivity index (χ3v) is 16.2. The van der Waals surface area contributed by atoms with Gasteiger partial charge in [-0.1, -0.05) is 51.1 Å². The standard InChI is InChI=1S/C36H42BrFN2O7Si/c1-18-22(16-41)28(38)27(37)21-14-20-15-23-29(40(5)6)31-26(34(39-46-31)45-17-19-12-10-9-11-13-19)33(44)36(23,47-48(7,8)35(2,3)4)32(43)25(20)30(42)24(18)21/h9-13,20,23,29,41-42H,14-17H2,1-8H3/t20-,23-,29-,36-/m0/s1. The van der Waals surface area contributed by atoms with Crippen LogP contribution in [0.1, 0.15) is 77.2 Å². The minimum absolute atomic E-state index is 0.0210. The van der Waals surface area contributed by atoms with Crippen molar-refractivity contribution in [3.63, 3.8) is 0 Å². The van der Waals surface area contributed by atoms with Crippen molar-refractivity contribution in [2.24, 2.45) is 11.8 Å². The van der Waals surface area contributed by atoms with Gasteiger partial charge in [-0.05, 0) is 95.7 Å². The SMILES string of the molecule is Cc1c(CO)c(F)c(Br)c2c1C(O)=C1C(=O)[C@]3(O[Si](C)(C)C(C)(C)C)C(=O)c4c(OCc5ccccc5)noc4[C@@H](N(C)C)[C@@H]3C[C@@H]1C2. The van der Waals surface area contributed by atoms with E-state index < -0.39 is 55.8 Å². The summed E-state index contributed by atoms with van der Waals surface area (Å²) >= 11 is 3.37. The number of rotatable bonds is 7. The first-order chi connectivity index (χ1) is 22.5. The van der Waals surface area contributed by atoms with Gasteiger partial charge in [0.25, 0.3) is 5.88 Å². The highest BCUT2D eigenvalue weighted by Crippen LogP contribution is 2.59. The molecule has 2 aromatic carbocycles. The molecule has 1 aromatic heterocycles. The number of hydrogen-bond acceptors (Lipinski definition) is 9. The average Bonchev–Trinajstić information content (AvgIpc) is 3.43. The molecule has 0 saturated heterocycles. The molecule has 9 nitrogen and oxygen atoms in total. The Kier molecular flexibility index (Phi) is 8.68. The Morgan fingerprint density at radius 3 is 2.42 bits per heavy atom. The molecule has 3 aromatic rings. The van der Waals surface area contributed by atoms with Gasteiger partial charge in [0.05, 0.1) is 17.1 Å². The Balaban J connectivity index is 1.59. The van der Waals surface area contributed by atoms with Crippen LogP contribution >= 0.6 is 15.9 Å². The van der Waals surface area contributed by atoms with Gasteiger partial charge in [0.1, 0.15) is 23.7 Å². The summed E-state index contributed by atoms with van der Waals surface area (Å²) in [5.74, 6) is -3.13. The highest BCUT2D eigenvalue weighted by molar-refractivity contribution is 9.10. The monoisotopic (exact) mass is 740 g/mol. The molecule has 48 heavy (non-hydrogen) atoms. The zero-order chi connectivity index (χ0) is 35.1. The smallest absolute Gasteiger partial charge is 0.265 e. The first-order valence-electron chi connectivity index (χ1n) is 16.1. The molecule has 0 radical (unpaired) electrons. The van der Waals surface area contributed by atoms with Crippen molar-refractivity contribution in [2.75, 3.05) is 14.1 Å². The van der Waals surface area contributed by atoms with E-state index >= 15 is 14.0 Å². The van der Waals surface area contributed by atoms with Crippen LogP contribution < -0.4 is 4.74 Å². The highest BCUT2D eigenvalue weighted by Gasteiger charge is 2.68. The van der Waals surface area contributed by atoms with Crippen LogP contribution in [0.4, 0.5) is 4.39 Å². The normalized spacial score (nSPS) is 24.0. The van der Waals surface area contributed by atoms with E-state index in [-0.39, 0.29) is 62.9 Å². The molecule has 0 unspecified atom stereocenters. The molecule has 2 N–H and O–H groups in total. The maximum atomic E-state index is 15.4. The number of benzene rings is 2. The van der Waals surface area contributed by atoms with Crippen LogP contribution in [0.3, 0.4) is 0 Å². The predicted octanol–water partition coefficient (Wildman–Crippen LogP) is 7.25. The second kappa shape index (κ2) is 12.0. The molecule has 3 aliphatic carbocycles. The number of halogens is 2. The lowest BCUT2D eigenvalue weighted by Crippen LogP contribution is -2.68. The Morgan fingerprint density at radius 1 is 1.15 bits per heavy atom. The summed E-state index contributed by atoms with van der Waals surface area (Å²) in [5.41, 5.74) is 0.146. The number of fused-ring (bicyclic) bond motifs is 4. The lowest BCUT2D eigenvalue weighted by molar-refractivity contribution is -0.140. The number of aliphatic hydroxyl groups excluding tert-OH is 2. The molecular formula is C36H42BrFN2O7Si. The van der Waals surface area contributed by atoms with Crippen molar-refractivity contribution in [3.8, 4) is 5.88 Å². The minimum atomic E-state index is -2.89. The van der Waals surface area contributed by atoms with Crippen molar-refractivity contribution in [2.45, 2.75) is 83.5 Å². The van der Waals surface area contributed by atoms with Gasteiger partial charge in [-0.15, -0.1) is 0 Å². The van der Waals surface area contributed by atoms with E-state index in [4.69, 9.17) is 13.7 Å². The zero-order valence-corrected chi connectivity index (χ0v) is 31.1.